The van der Waals surface area contributed by atoms with Crippen molar-refractivity contribution in [3.05, 3.63) is 65.7 Å². The molecule has 2 aromatic rings. The molecule has 0 aliphatic heterocycles. The second-order valence-corrected chi connectivity index (χ2v) is 5.44. The zero-order valence-corrected chi connectivity index (χ0v) is 13.8. The predicted molar refractivity (Wildman–Crippen MR) is 91.7 cm³/mol. The maximum Gasteiger partial charge on any atom is 0.314 e. The first-order valence-corrected chi connectivity index (χ1v) is 7.66. The lowest BCUT2D eigenvalue weighted by molar-refractivity contribution is -0.143. The van der Waals surface area contributed by atoms with Gasteiger partial charge in [-0.3, -0.25) is 4.79 Å². The number of rotatable bonds is 7. The monoisotopic (exact) mass is 327 g/mol. The fourth-order valence-corrected chi connectivity index (χ4v) is 2.26. The summed E-state index contributed by atoms with van der Waals surface area (Å²) in [5.41, 5.74) is 2.45. The molecule has 0 heterocycles. The fraction of sp³-hybridized carbons (Fsp3) is 0.263. The Hall–Kier alpha value is -2.82. The quantitative estimate of drug-likeness (QED) is 0.481. The van der Waals surface area contributed by atoms with Gasteiger partial charge >= 0.3 is 5.97 Å². The van der Waals surface area contributed by atoms with Crippen LogP contribution in [-0.2, 0) is 27.4 Å². The minimum absolute atomic E-state index is 0.185. The summed E-state index contributed by atoms with van der Waals surface area (Å²) in [6, 6.07) is 16.4. The van der Waals surface area contributed by atoms with Crippen LogP contribution in [0.25, 0.3) is 0 Å². The third-order valence-corrected chi connectivity index (χ3v) is 3.65. The molecule has 2 rings (SSSR count). The van der Waals surface area contributed by atoms with E-state index < -0.39 is 5.92 Å². The third kappa shape index (κ3) is 5.12. The number of hydrogen-bond donors (Lipinski definition) is 1. The summed E-state index contributed by atoms with van der Waals surface area (Å²) in [7, 11) is 1.35. The van der Waals surface area contributed by atoms with Crippen LogP contribution in [0.2, 0.25) is 0 Å². The molecule has 0 aliphatic carbocycles. The molecule has 0 spiro atoms. The van der Waals surface area contributed by atoms with Crippen molar-refractivity contribution in [3.63, 3.8) is 0 Å². The van der Waals surface area contributed by atoms with Gasteiger partial charge in [-0.05, 0) is 36.6 Å². The number of oxime groups is 1. The highest BCUT2D eigenvalue weighted by atomic mass is 16.6. The van der Waals surface area contributed by atoms with E-state index in [0.29, 0.717) is 18.7 Å². The second-order valence-electron chi connectivity index (χ2n) is 5.44. The molecule has 0 radical (unpaired) electrons. The molecule has 0 bridgehead atoms. The third-order valence-electron chi connectivity index (χ3n) is 3.65. The molecule has 0 amide bonds. The van der Waals surface area contributed by atoms with Crippen LogP contribution in [0.1, 0.15) is 18.1 Å². The van der Waals surface area contributed by atoms with Crippen LogP contribution >= 0.6 is 0 Å². The Kier molecular flexibility index (Phi) is 6.37. The van der Waals surface area contributed by atoms with Gasteiger partial charge in [0.05, 0.1) is 12.8 Å². The van der Waals surface area contributed by atoms with E-state index in [-0.39, 0.29) is 11.7 Å². The first-order chi connectivity index (χ1) is 11.6. The number of nitrogens with zero attached hydrogens (tertiary/aromatic N) is 1. The van der Waals surface area contributed by atoms with Gasteiger partial charge in [0.15, 0.2) is 0 Å². The van der Waals surface area contributed by atoms with Crippen molar-refractivity contribution in [3.8, 4) is 5.75 Å². The number of carbonyl (C=O) groups excluding carboxylic acids is 1. The molecular formula is C19H21NO4. The highest BCUT2D eigenvalue weighted by molar-refractivity contribution is 6.00. The van der Waals surface area contributed by atoms with Gasteiger partial charge in [-0.2, -0.15) is 0 Å². The highest BCUT2D eigenvalue weighted by Crippen LogP contribution is 2.16. The number of aromatic hydroxyl groups is 1. The number of phenolic OH excluding ortho intramolecular Hbond substituents is 1. The number of hydrogen-bond acceptors (Lipinski definition) is 5. The molecule has 5 nitrogen and oxygen atoms in total. The standard InChI is InChI=1S/C19H21NO4/c1-14(20-24-13-16-6-4-3-5-7-16)18(19(22)23-2)12-15-8-10-17(21)11-9-15/h3-11,18,21H,12-13H2,1-2H3/b20-14+. The van der Waals surface area contributed by atoms with E-state index in [0.717, 1.165) is 11.1 Å². The van der Waals surface area contributed by atoms with Gasteiger partial charge in [0.1, 0.15) is 18.3 Å². The lowest BCUT2D eigenvalue weighted by Crippen LogP contribution is -2.26. The smallest absolute Gasteiger partial charge is 0.314 e. The van der Waals surface area contributed by atoms with E-state index in [4.69, 9.17) is 9.57 Å². The van der Waals surface area contributed by atoms with Crippen molar-refractivity contribution in [2.75, 3.05) is 7.11 Å². The molecule has 24 heavy (non-hydrogen) atoms. The SMILES string of the molecule is COC(=O)C(Cc1ccc(O)cc1)/C(C)=N/OCc1ccccc1. The van der Waals surface area contributed by atoms with Gasteiger partial charge in [0, 0.05) is 0 Å². The van der Waals surface area contributed by atoms with E-state index in [1.54, 1.807) is 31.2 Å². The Morgan fingerprint density at radius 1 is 1.08 bits per heavy atom. The van der Waals surface area contributed by atoms with Gasteiger partial charge in [-0.1, -0.05) is 47.6 Å². The summed E-state index contributed by atoms with van der Waals surface area (Å²) >= 11 is 0. The van der Waals surface area contributed by atoms with E-state index in [1.165, 1.54) is 7.11 Å². The molecule has 0 aromatic heterocycles. The molecule has 1 atom stereocenters. The lowest BCUT2D eigenvalue weighted by Gasteiger charge is -2.14. The number of carbonyl (C=O) groups is 1. The Labute approximate surface area is 141 Å². The average Bonchev–Trinajstić information content (AvgIpc) is 2.61. The maximum absolute atomic E-state index is 12.0. The number of ether oxygens (including phenoxy) is 1. The van der Waals surface area contributed by atoms with Crippen molar-refractivity contribution >= 4 is 11.7 Å². The molecule has 1 unspecified atom stereocenters. The van der Waals surface area contributed by atoms with Gasteiger partial charge in [-0.25, -0.2) is 0 Å². The summed E-state index contributed by atoms with van der Waals surface area (Å²) < 4.78 is 4.87. The van der Waals surface area contributed by atoms with Gasteiger partial charge in [-0.15, -0.1) is 0 Å². The molecule has 0 aliphatic rings. The molecule has 0 saturated carbocycles. The van der Waals surface area contributed by atoms with Crippen LogP contribution in [0.3, 0.4) is 0 Å². The van der Waals surface area contributed by atoms with Crippen LogP contribution in [0.5, 0.6) is 5.75 Å². The number of phenols is 1. The van der Waals surface area contributed by atoms with Crippen molar-refractivity contribution in [2.45, 2.75) is 20.0 Å². The maximum atomic E-state index is 12.0. The summed E-state index contributed by atoms with van der Waals surface area (Å²) in [5, 5.41) is 13.4. The first-order valence-electron chi connectivity index (χ1n) is 7.66. The Bertz CT molecular complexity index is 680. The molecule has 1 N–H and O–H groups in total. The van der Waals surface area contributed by atoms with Crippen LogP contribution < -0.4 is 0 Å². The summed E-state index contributed by atoms with van der Waals surface area (Å²) in [6.07, 6.45) is 0.428. The molecule has 126 valence electrons. The largest absolute Gasteiger partial charge is 0.508 e. The lowest BCUT2D eigenvalue weighted by atomic mass is 9.95. The zero-order valence-electron chi connectivity index (χ0n) is 13.8. The van der Waals surface area contributed by atoms with Gasteiger partial charge in [0.25, 0.3) is 0 Å². The number of esters is 1. The number of methoxy groups -OCH3 is 1. The van der Waals surface area contributed by atoms with Crippen molar-refractivity contribution in [1.82, 2.24) is 0 Å². The number of benzene rings is 2. The summed E-state index contributed by atoms with van der Waals surface area (Å²) in [4.78, 5) is 17.4. The molecule has 2 aromatic carbocycles. The zero-order chi connectivity index (χ0) is 17.4. The topological polar surface area (TPSA) is 68.1 Å². The van der Waals surface area contributed by atoms with Crippen LogP contribution in [0.15, 0.2) is 59.8 Å². The van der Waals surface area contributed by atoms with Crippen molar-refractivity contribution in [1.29, 1.82) is 0 Å². The Balaban J connectivity index is 2.04. The molecule has 0 saturated heterocycles. The Morgan fingerprint density at radius 2 is 1.75 bits per heavy atom. The second kappa shape index (κ2) is 8.72. The molecule has 0 fully saturated rings. The van der Waals surface area contributed by atoms with Crippen molar-refractivity contribution in [2.24, 2.45) is 11.1 Å². The van der Waals surface area contributed by atoms with E-state index in [2.05, 4.69) is 5.16 Å². The molecular weight excluding hydrogens is 306 g/mol. The van der Waals surface area contributed by atoms with E-state index >= 15 is 0 Å². The normalized spacial score (nSPS) is 12.5. The van der Waals surface area contributed by atoms with Crippen LogP contribution in [0, 0.1) is 5.92 Å². The minimum atomic E-state index is -0.532. The van der Waals surface area contributed by atoms with E-state index in [1.807, 2.05) is 30.3 Å². The fourth-order valence-electron chi connectivity index (χ4n) is 2.26. The summed E-state index contributed by atoms with van der Waals surface area (Å²) in [6.45, 7) is 2.08. The van der Waals surface area contributed by atoms with Crippen molar-refractivity contribution < 1.29 is 19.5 Å². The van der Waals surface area contributed by atoms with E-state index in [9.17, 15) is 9.90 Å². The average molecular weight is 327 g/mol. The minimum Gasteiger partial charge on any atom is -0.508 e. The van der Waals surface area contributed by atoms with Gasteiger partial charge in [0.2, 0.25) is 0 Å². The highest BCUT2D eigenvalue weighted by Gasteiger charge is 2.23. The predicted octanol–water partition coefficient (Wildman–Crippen LogP) is 3.32. The Morgan fingerprint density at radius 3 is 2.38 bits per heavy atom. The van der Waals surface area contributed by atoms with Crippen LogP contribution in [-0.4, -0.2) is 23.9 Å². The molecule has 5 heteroatoms. The van der Waals surface area contributed by atoms with Crippen LogP contribution in [0.4, 0.5) is 0 Å². The van der Waals surface area contributed by atoms with Gasteiger partial charge < -0.3 is 14.7 Å². The first kappa shape index (κ1) is 17.5. The summed E-state index contributed by atoms with van der Waals surface area (Å²) in [5.74, 6) is -0.715.